The molecule has 0 aromatic heterocycles. The summed E-state index contributed by atoms with van der Waals surface area (Å²) in [5, 5.41) is 2.83. The predicted molar refractivity (Wildman–Crippen MR) is 84.1 cm³/mol. The van der Waals surface area contributed by atoms with Crippen molar-refractivity contribution >= 4 is 11.6 Å². The SMILES string of the molecule is CC(c1ccc(NC(=O)C(C)(C)N)cc1)N1CCOCC1. The third kappa shape index (κ3) is 4.27. The van der Waals surface area contributed by atoms with Crippen molar-refractivity contribution < 1.29 is 9.53 Å². The third-order valence-corrected chi connectivity index (χ3v) is 3.83. The molecule has 1 amide bonds. The van der Waals surface area contributed by atoms with E-state index >= 15 is 0 Å². The average molecular weight is 291 g/mol. The molecule has 0 bridgehead atoms. The van der Waals surface area contributed by atoms with Gasteiger partial charge in [-0.2, -0.15) is 0 Å². The van der Waals surface area contributed by atoms with Gasteiger partial charge in [0.2, 0.25) is 5.91 Å². The molecule has 1 unspecified atom stereocenters. The number of anilines is 1. The van der Waals surface area contributed by atoms with Crippen molar-refractivity contribution in [2.45, 2.75) is 32.4 Å². The van der Waals surface area contributed by atoms with Gasteiger partial charge in [-0.25, -0.2) is 0 Å². The second-order valence-corrected chi connectivity index (χ2v) is 6.12. The summed E-state index contributed by atoms with van der Waals surface area (Å²) in [5.41, 5.74) is 6.91. The van der Waals surface area contributed by atoms with Gasteiger partial charge in [0.25, 0.3) is 0 Å². The van der Waals surface area contributed by atoms with E-state index in [9.17, 15) is 4.79 Å². The number of rotatable bonds is 4. The second-order valence-electron chi connectivity index (χ2n) is 6.12. The van der Waals surface area contributed by atoms with Gasteiger partial charge in [-0.3, -0.25) is 9.69 Å². The molecule has 0 spiro atoms. The van der Waals surface area contributed by atoms with E-state index in [1.165, 1.54) is 5.56 Å². The fourth-order valence-electron chi connectivity index (χ4n) is 2.31. The highest BCUT2D eigenvalue weighted by Crippen LogP contribution is 2.22. The van der Waals surface area contributed by atoms with E-state index in [2.05, 4.69) is 29.3 Å². The number of ether oxygens (including phenoxy) is 1. The molecule has 1 atom stereocenters. The summed E-state index contributed by atoms with van der Waals surface area (Å²) in [6.07, 6.45) is 0. The number of nitrogens with one attached hydrogen (secondary N) is 1. The second kappa shape index (κ2) is 6.56. The summed E-state index contributed by atoms with van der Waals surface area (Å²) in [4.78, 5) is 14.2. The zero-order chi connectivity index (χ0) is 15.5. The van der Waals surface area contributed by atoms with E-state index in [4.69, 9.17) is 10.5 Å². The molecule has 116 valence electrons. The zero-order valence-corrected chi connectivity index (χ0v) is 13.1. The summed E-state index contributed by atoms with van der Waals surface area (Å²) in [6.45, 7) is 9.09. The van der Waals surface area contributed by atoms with Crippen LogP contribution in [0.3, 0.4) is 0 Å². The van der Waals surface area contributed by atoms with Crippen molar-refractivity contribution in [2.24, 2.45) is 5.73 Å². The highest BCUT2D eigenvalue weighted by atomic mass is 16.5. The van der Waals surface area contributed by atoms with Crippen LogP contribution >= 0.6 is 0 Å². The van der Waals surface area contributed by atoms with Crippen LogP contribution in [0.15, 0.2) is 24.3 Å². The first-order chi connectivity index (χ1) is 9.88. The lowest BCUT2D eigenvalue weighted by Crippen LogP contribution is -2.45. The minimum atomic E-state index is -0.875. The van der Waals surface area contributed by atoms with Gasteiger partial charge in [0, 0.05) is 24.8 Å². The summed E-state index contributed by atoms with van der Waals surface area (Å²) < 4.78 is 5.38. The fourth-order valence-corrected chi connectivity index (χ4v) is 2.31. The molecule has 1 aliphatic rings. The Hall–Kier alpha value is -1.43. The predicted octanol–water partition coefficient (Wildman–Crippen LogP) is 1.76. The van der Waals surface area contributed by atoms with Crippen molar-refractivity contribution in [3.05, 3.63) is 29.8 Å². The molecule has 1 saturated heterocycles. The van der Waals surface area contributed by atoms with Gasteiger partial charge in [-0.05, 0) is 38.5 Å². The molecule has 0 saturated carbocycles. The molecule has 3 N–H and O–H groups in total. The Labute approximate surface area is 126 Å². The highest BCUT2D eigenvalue weighted by Gasteiger charge is 2.22. The lowest BCUT2D eigenvalue weighted by Gasteiger charge is -2.32. The number of amides is 1. The molecular formula is C16H25N3O2. The molecule has 1 aromatic carbocycles. The van der Waals surface area contributed by atoms with E-state index in [-0.39, 0.29) is 5.91 Å². The molecule has 1 aliphatic heterocycles. The van der Waals surface area contributed by atoms with Crippen LogP contribution in [0.4, 0.5) is 5.69 Å². The zero-order valence-electron chi connectivity index (χ0n) is 13.1. The smallest absolute Gasteiger partial charge is 0.243 e. The average Bonchev–Trinajstić information content (AvgIpc) is 2.47. The molecular weight excluding hydrogens is 266 g/mol. The van der Waals surface area contributed by atoms with Crippen LogP contribution in [0, 0.1) is 0 Å². The number of nitrogens with zero attached hydrogens (tertiary/aromatic N) is 1. The minimum absolute atomic E-state index is 0.184. The Bertz CT molecular complexity index is 473. The first kappa shape index (κ1) is 15.9. The van der Waals surface area contributed by atoms with Gasteiger partial charge in [-0.1, -0.05) is 12.1 Å². The number of carbonyl (C=O) groups is 1. The van der Waals surface area contributed by atoms with Crippen molar-refractivity contribution in [1.82, 2.24) is 4.90 Å². The maximum absolute atomic E-state index is 11.8. The van der Waals surface area contributed by atoms with E-state index < -0.39 is 5.54 Å². The summed E-state index contributed by atoms with van der Waals surface area (Å²) in [7, 11) is 0. The topological polar surface area (TPSA) is 67.6 Å². The number of benzene rings is 1. The summed E-state index contributed by atoms with van der Waals surface area (Å²) in [6, 6.07) is 8.31. The number of morpholine rings is 1. The van der Waals surface area contributed by atoms with Crippen molar-refractivity contribution in [2.75, 3.05) is 31.6 Å². The van der Waals surface area contributed by atoms with Crippen LogP contribution in [0.2, 0.25) is 0 Å². The standard InChI is InChI=1S/C16H25N3O2/c1-12(19-8-10-21-11-9-19)13-4-6-14(7-5-13)18-15(20)16(2,3)17/h4-7,12H,8-11,17H2,1-3H3,(H,18,20). The van der Waals surface area contributed by atoms with Gasteiger partial charge in [0.05, 0.1) is 18.8 Å². The van der Waals surface area contributed by atoms with Crippen LogP contribution in [0.5, 0.6) is 0 Å². The molecule has 0 aliphatic carbocycles. The van der Waals surface area contributed by atoms with Crippen LogP contribution in [0.1, 0.15) is 32.4 Å². The monoisotopic (exact) mass is 291 g/mol. The van der Waals surface area contributed by atoms with E-state index in [0.29, 0.717) is 6.04 Å². The quantitative estimate of drug-likeness (QED) is 0.887. The normalized spacial score (nSPS) is 18.3. The Morgan fingerprint density at radius 3 is 2.38 bits per heavy atom. The van der Waals surface area contributed by atoms with Crippen molar-refractivity contribution in [1.29, 1.82) is 0 Å². The van der Waals surface area contributed by atoms with Gasteiger partial charge < -0.3 is 15.8 Å². The van der Waals surface area contributed by atoms with Gasteiger partial charge in [-0.15, -0.1) is 0 Å². The fraction of sp³-hybridized carbons (Fsp3) is 0.562. The molecule has 2 rings (SSSR count). The minimum Gasteiger partial charge on any atom is -0.379 e. The van der Waals surface area contributed by atoms with E-state index in [1.54, 1.807) is 13.8 Å². The van der Waals surface area contributed by atoms with Gasteiger partial charge in [0.15, 0.2) is 0 Å². The van der Waals surface area contributed by atoms with Gasteiger partial charge in [0.1, 0.15) is 0 Å². The molecule has 21 heavy (non-hydrogen) atoms. The van der Waals surface area contributed by atoms with Crippen LogP contribution < -0.4 is 11.1 Å². The molecule has 1 heterocycles. The molecule has 5 nitrogen and oxygen atoms in total. The third-order valence-electron chi connectivity index (χ3n) is 3.83. The van der Waals surface area contributed by atoms with Crippen molar-refractivity contribution in [3.8, 4) is 0 Å². The number of hydrogen-bond donors (Lipinski definition) is 2. The van der Waals surface area contributed by atoms with Gasteiger partial charge >= 0.3 is 0 Å². The maximum Gasteiger partial charge on any atom is 0.243 e. The van der Waals surface area contributed by atoms with Crippen LogP contribution in [-0.4, -0.2) is 42.6 Å². The first-order valence-electron chi connectivity index (χ1n) is 7.40. The van der Waals surface area contributed by atoms with E-state index in [0.717, 1.165) is 32.0 Å². The van der Waals surface area contributed by atoms with Crippen molar-refractivity contribution in [3.63, 3.8) is 0 Å². The molecule has 1 aromatic rings. The van der Waals surface area contributed by atoms with E-state index in [1.807, 2.05) is 12.1 Å². The Morgan fingerprint density at radius 1 is 1.29 bits per heavy atom. The number of hydrogen-bond acceptors (Lipinski definition) is 4. The number of carbonyl (C=O) groups excluding carboxylic acids is 1. The number of nitrogens with two attached hydrogens (primary N) is 1. The largest absolute Gasteiger partial charge is 0.379 e. The molecule has 1 fully saturated rings. The highest BCUT2D eigenvalue weighted by molar-refractivity contribution is 5.97. The van der Waals surface area contributed by atoms with Crippen LogP contribution in [0.25, 0.3) is 0 Å². The van der Waals surface area contributed by atoms with Crippen LogP contribution in [-0.2, 0) is 9.53 Å². The maximum atomic E-state index is 11.8. The molecule has 5 heteroatoms. The Balaban J connectivity index is 1.99. The Morgan fingerprint density at radius 2 is 1.86 bits per heavy atom. The molecule has 0 radical (unpaired) electrons. The lowest BCUT2D eigenvalue weighted by molar-refractivity contribution is -0.120. The lowest BCUT2D eigenvalue weighted by atomic mass is 10.0. The summed E-state index contributed by atoms with van der Waals surface area (Å²) in [5.74, 6) is -0.184. The summed E-state index contributed by atoms with van der Waals surface area (Å²) >= 11 is 0. The first-order valence-corrected chi connectivity index (χ1v) is 7.40. The Kier molecular flexibility index (Phi) is 4.98.